The third kappa shape index (κ3) is 32.2. The van der Waals surface area contributed by atoms with Crippen LogP contribution in [-0.4, -0.2) is 169 Å². The highest BCUT2D eigenvalue weighted by molar-refractivity contribution is 5.75. The molecule has 0 aromatic heterocycles. The first kappa shape index (κ1) is 53.6. The quantitative estimate of drug-likeness (QED) is 0.0907. The van der Waals surface area contributed by atoms with Crippen LogP contribution in [0.3, 0.4) is 0 Å². The van der Waals surface area contributed by atoms with E-state index >= 15 is 0 Å². The van der Waals surface area contributed by atoms with Crippen molar-refractivity contribution in [2.45, 2.75) is 59.5 Å². The maximum Gasteiger partial charge on any atom is 0.222 e. The van der Waals surface area contributed by atoms with Gasteiger partial charge in [0.05, 0.1) is 139 Å². The number of amides is 1. The van der Waals surface area contributed by atoms with Crippen molar-refractivity contribution in [1.29, 1.82) is 0 Å². The molecule has 0 aliphatic heterocycles. The molecule has 0 atom stereocenters. The Labute approximate surface area is 361 Å². The fourth-order valence-electron chi connectivity index (χ4n) is 5.53. The molecule has 1 amide bonds. The van der Waals surface area contributed by atoms with E-state index in [0.29, 0.717) is 158 Å². The van der Waals surface area contributed by atoms with Gasteiger partial charge in [-0.25, -0.2) is 0 Å². The Morgan fingerprint density at radius 2 is 0.700 bits per heavy atom. The minimum atomic E-state index is -0.0391. The summed E-state index contributed by atoms with van der Waals surface area (Å²) in [6.07, 6.45) is 3.40. The zero-order valence-electron chi connectivity index (χ0n) is 37.2. The number of carbonyl (C=O) groups is 1. The average molecular weight is 851 g/mol. The normalized spacial score (nSPS) is 11.5. The van der Waals surface area contributed by atoms with Gasteiger partial charge >= 0.3 is 0 Å². The van der Waals surface area contributed by atoms with Crippen LogP contribution in [0, 0.1) is 0 Å². The zero-order valence-corrected chi connectivity index (χ0v) is 37.2. The van der Waals surface area contributed by atoms with Gasteiger partial charge in [-0.3, -0.25) is 9.69 Å². The first-order chi connectivity index (χ1) is 29.6. The Bertz CT molecular complexity index is 1180. The van der Waals surface area contributed by atoms with Crippen molar-refractivity contribution in [2.24, 2.45) is 0 Å². The van der Waals surface area contributed by atoms with Gasteiger partial charge in [0.15, 0.2) is 0 Å². The predicted octanol–water partition coefficient (Wildman–Crippen LogP) is 4.91. The molecule has 0 saturated carbocycles. The second-order valence-corrected chi connectivity index (χ2v) is 13.9. The molecule has 0 fully saturated rings. The molecule has 14 nitrogen and oxygen atoms in total. The number of benzene rings is 2. The second kappa shape index (κ2) is 40.5. The first-order valence-corrected chi connectivity index (χ1v) is 22.1. The molecule has 14 heteroatoms. The molecule has 0 spiro atoms. The van der Waals surface area contributed by atoms with Gasteiger partial charge in [-0.05, 0) is 41.5 Å². The number of hydrogen-bond acceptors (Lipinski definition) is 13. The standard InChI is InChI=1S/C46H78N2O12/c1-4-18-50-20-16-47-46(49)15-19-51-22-24-53-26-28-55-30-32-57-34-36-59-38-39-60-37-35-58-33-31-56-29-27-54-25-23-52-21-17-48(40-44-11-7-42(5-2)8-12-44)41-45-13-9-43(6-3)10-14-45/h7-14H,4-6,15-41H2,1-3H3,(H,47,49). The summed E-state index contributed by atoms with van der Waals surface area (Å²) < 4.78 is 61.0. The Morgan fingerprint density at radius 1 is 0.400 bits per heavy atom. The molecule has 2 aromatic rings. The van der Waals surface area contributed by atoms with Gasteiger partial charge in [0.2, 0.25) is 5.91 Å². The van der Waals surface area contributed by atoms with Gasteiger partial charge in [-0.15, -0.1) is 0 Å². The molecule has 1 N–H and O–H groups in total. The van der Waals surface area contributed by atoms with E-state index in [1.807, 2.05) is 6.92 Å². The Morgan fingerprint density at radius 3 is 1.03 bits per heavy atom. The lowest BCUT2D eigenvalue weighted by molar-refractivity contribution is -0.122. The van der Waals surface area contributed by atoms with Crippen molar-refractivity contribution in [2.75, 3.05) is 158 Å². The third-order valence-corrected chi connectivity index (χ3v) is 8.97. The van der Waals surface area contributed by atoms with Crippen molar-refractivity contribution >= 4 is 5.91 Å². The monoisotopic (exact) mass is 851 g/mol. The second-order valence-electron chi connectivity index (χ2n) is 13.9. The fraction of sp³-hybridized carbons (Fsp3) is 0.717. The average Bonchev–Trinajstić information content (AvgIpc) is 3.27. The number of ether oxygens (including phenoxy) is 11. The largest absolute Gasteiger partial charge is 0.380 e. The van der Waals surface area contributed by atoms with E-state index in [1.54, 1.807) is 0 Å². The predicted molar refractivity (Wildman–Crippen MR) is 233 cm³/mol. The minimum Gasteiger partial charge on any atom is -0.380 e. The summed E-state index contributed by atoms with van der Waals surface area (Å²) in [5.41, 5.74) is 5.36. The molecule has 344 valence electrons. The van der Waals surface area contributed by atoms with Crippen LogP contribution in [0.1, 0.15) is 55.9 Å². The smallest absolute Gasteiger partial charge is 0.222 e. The van der Waals surface area contributed by atoms with Crippen molar-refractivity contribution in [3.05, 3.63) is 70.8 Å². The third-order valence-electron chi connectivity index (χ3n) is 8.97. The van der Waals surface area contributed by atoms with Gasteiger partial charge in [-0.1, -0.05) is 69.3 Å². The van der Waals surface area contributed by atoms with Crippen molar-refractivity contribution in [1.82, 2.24) is 10.2 Å². The molecule has 0 aliphatic rings. The van der Waals surface area contributed by atoms with Crippen LogP contribution in [0.25, 0.3) is 0 Å². The lowest BCUT2D eigenvalue weighted by Gasteiger charge is -2.23. The van der Waals surface area contributed by atoms with Crippen LogP contribution in [0.4, 0.5) is 0 Å². The molecule has 60 heavy (non-hydrogen) atoms. The summed E-state index contributed by atoms with van der Waals surface area (Å²) in [7, 11) is 0. The fourth-order valence-corrected chi connectivity index (χ4v) is 5.53. The lowest BCUT2D eigenvalue weighted by Crippen LogP contribution is -2.28. The molecular weight excluding hydrogens is 773 g/mol. The number of nitrogens with one attached hydrogen (secondary N) is 1. The molecule has 0 radical (unpaired) electrons. The summed E-state index contributed by atoms with van der Waals surface area (Å²) in [6.45, 7) is 20.8. The van der Waals surface area contributed by atoms with Crippen LogP contribution >= 0.6 is 0 Å². The van der Waals surface area contributed by atoms with Crippen molar-refractivity contribution in [3.8, 4) is 0 Å². The molecule has 0 aliphatic carbocycles. The molecule has 0 bridgehead atoms. The summed E-state index contributed by atoms with van der Waals surface area (Å²) >= 11 is 0. The Hall–Kier alpha value is -2.57. The Kier molecular flexibility index (Phi) is 36.2. The van der Waals surface area contributed by atoms with E-state index in [0.717, 1.165) is 38.9 Å². The molecule has 0 saturated heterocycles. The minimum absolute atomic E-state index is 0.0391. The summed E-state index contributed by atoms with van der Waals surface area (Å²) in [5, 5.41) is 2.80. The highest BCUT2D eigenvalue weighted by atomic mass is 16.6. The van der Waals surface area contributed by atoms with E-state index in [9.17, 15) is 4.79 Å². The molecular formula is C46H78N2O12. The highest BCUT2D eigenvalue weighted by Gasteiger charge is 2.09. The maximum atomic E-state index is 11.7. The van der Waals surface area contributed by atoms with E-state index < -0.39 is 0 Å². The SMILES string of the molecule is CCCOCCNC(=O)CCOCCOCCOCCOCCOCCOCCOCCOCCOCCOCCN(Cc1ccc(CC)cc1)Cc1ccc(CC)cc1. The maximum absolute atomic E-state index is 11.7. The number of hydrogen-bond donors (Lipinski definition) is 1. The zero-order chi connectivity index (χ0) is 42.8. The van der Waals surface area contributed by atoms with Crippen LogP contribution < -0.4 is 5.32 Å². The van der Waals surface area contributed by atoms with Crippen molar-refractivity contribution < 1.29 is 56.9 Å². The Balaban J connectivity index is 1.27. The van der Waals surface area contributed by atoms with E-state index in [1.165, 1.54) is 22.3 Å². The topological polar surface area (TPSA) is 134 Å². The molecule has 0 heterocycles. The van der Waals surface area contributed by atoms with Crippen LogP contribution in [0.15, 0.2) is 48.5 Å². The van der Waals surface area contributed by atoms with Crippen LogP contribution in [0.5, 0.6) is 0 Å². The highest BCUT2D eigenvalue weighted by Crippen LogP contribution is 2.13. The molecule has 2 rings (SSSR count). The summed E-state index contributed by atoms with van der Waals surface area (Å²) in [4.78, 5) is 14.1. The number of aryl methyl sites for hydroxylation is 2. The summed E-state index contributed by atoms with van der Waals surface area (Å²) in [5.74, 6) is -0.0391. The van der Waals surface area contributed by atoms with E-state index in [-0.39, 0.29) is 5.91 Å². The van der Waals surface area contributed by atoms with Crippen LogP contribution in [0.2, 0.25) is 0 Å². The van der Waals surface area contributed by atoms with Gasteiger partial charge in [0.25, 0.3) is 0 Å². The number of rotatable bonds is 44. The van der Waals surface area contributed by atoms with Gasteiger partial charge in [0.1, 0.15) is 0 Å². The van der Waals surface area contributed by atoms with Crippen LogP contribution in [-0.2, 0) is 82.8 Å². The van der Waals surface area contributed by atoms with E-state index in [2.05, 4.69) is 72.6 Å². The van der Waals surface area contributed by atoms with Gasteiger partial charge in [0, 0.05) is 39.2 Å². The van der Waals surface area contributed by atoms with Gasteiger partial charge < -0.3 is 57.4 Å². The summed E-state index contributed by atoms with van der Waals surface area (Å²) in [6, 6.07) is 17.9. The lowest BCUT2D eigenvalue weighted by atomic mass is 10.1. The number of nitrogens with zero attached hydrogens (tertiary/aromatic N) is 1. The van der Waals surface area contributed by atoms with Crippen molar-refractivity contribution in [3.63, 3.8) is 0 Å². The first-order valence-electron chi connectivity index (χ1n) is 22.1. The van der Waals surface area contributed by atoms with E-state index in [4.69, 9.17) is 52.1 Å². The molecule has 2 aromatic carbocycles. The van der Waals surface area contributed by atoms with Gasteiger partial charge in [-0.2, -0.15) is 0 Å². The molecule has 0 unspecified atom stereocenters. The number of carbonyl (C=O) groups excluding carboxylic acids is 1.